The van der Waals surface area contributed by atoms with Crippen LogP contribution in [0.15, 0.2) is 4.42 Å². The standard InChI is InChI=1S/C12H20N2O/c1-4-9-11(8(2)3)15-12(14-9)10-6-5-7-13-10/h8,10,13H,4-7H2,1-3H3. The van der Waals surface area contributed by atoms with E-state index in [1.807, 2.05) is 0 Å². The Morgan fingerprint density at radius 3 is 2.80 bits per heavy atom. The SMILES string of the molecule is CCc1nc(C2CCCN2)oc1C(C)C. The fraction of sp³-hybridized carbons (Fsp3) is 0.750. The van der Waals surface area contributed by atoms with Gasteiger partial charge in [0.2, 0.25) is 5.89 Å². The van der Waals surface area contributed by atoms with Gasteiger partial charge in [-0.2, -0.15) is 0 Å². The summed E-state index contributed by atoms with van der Waals surface area (Å²) in [5.41, 5.74) is 1.13. The average molecular weight is 208 g/mol. The lowest BCUT2D eigenvalue weighted by Crippen LogP contribution is -2.13. The molecule has 1 aliphatic rings. The molecule has 2 rings (SSSR count). The van der Waals surface area contributed by atoms with Gasteiger partial charge >= 0.3 is 0 Å². The largest absolute Gasteiger partial charge is 0.443 e. The Balaban J connectivity index is 2.25. The second-order valence-electron chi connectivity index (χ2n) is 4.52. The van der Waals surface area contributed by atoms with Crippen LogP contribution < -0.4 is 5.32 Å². The molecule has 84 valence electrons. The first-order valence-corrected chi connectivity index (χ1v) is 5.95. The minimum Gasteiger partial charge on any atom is -0.443 e. The predicted octanol–water partition coefficient (Wildman–Crippen LogP) is 2.78. The van der Waals surface area contributed by atoms with Crippen LogP contribution in [0.5, 0.6) is 0 Å². The van der Waals surface area contributed by atoms with Crippen LogP contribution in [0.3, 0.4) is 0 Å². The van der Waals surface area contributed by atoms with Crippen LogP contribution in [-0.4, -0.2) is 11.5 Å². The summed E-state index contributed by atoms with van der Waals surface area (Å²) in [7, 11) is 0. The summed E-state index contributed by atoms with van der Waals surface area (Å²) in [6.07, 6.45) is 3.34. The molecule has 3 heteroatoms. The summed E-state index contributed by atoms with van der Waals surface area (Å²) in [6, 6.07) is 0.350. The van der Waals surface area contributed by atoms with Gasteiger partial charge in [0.15, 0.2) is 0 Å². The van der Waals surface area contributed by atoms with Crippen molar-refractivity contribution in [3.05, 3.63) is 17.3 Å². The van der Waals surface area contributed by atoms with Gasteiger partial charge in [-0.15, -0.1) is 0 Å². The van der Waals surface area contributed by atoms with Gasteiger partial charge in [-0.1, -0.05) is 20.8 Å². The number of aryl methyl sites for hydroxylation is 1. The van der Waals surface area contributed by atoms with Crippen molar-refractivity contribution in [2.24, 2.45) is 0 Å². The summed E-state index contributed by atoms with van der Waals surface area (Å²) < 4.78 is 5.88. The first-order valence-electron chi connectivity index (χ1n) is 5.95. The Morgan fingerprint density at radius 1 is 1.53 bits per heavy atom. The molecule has 2 heterocycles. The molecule has 0 aliphatic carbocycles. The Kier molecular flexibility index (Phi) is 3.10. The van der Waals surface area contributed by atoms with E-state index >= 15 is 0 Å². The first kappa shape index (κ1) is 10.7. The van der Waals surface area contributed by atoms with E-state index in [2.05, 4.69) is 31.1 Å². The minimum atomic E-state index is 0.350. The lowest BCUT2D eigenvalue weighted by Gasteiger charge is -2.04. The molecule has 0 spiro atoms. The molecule has 0 bridgehead atoms. The number of aromatic nitrogens is 1. The van der Waals surface area contributed by atoms with E-state index in [-0.39, 0.29) is 0 Å². The molecule has 1 atom stereocenters. The van der Waals surface area contributed by atoms with Crippen molar-refractivity contribution in [2.75, 3.05) is 6.54 Å². The summed E-state index contributed by atoms with van der Waals surface area (Å²) in [5, 5.41) is 3.42. The van der Waals surface area contributed by atoms with E-state index in [1.165, 1.54) is 6.42 Å². The van der Waals surface area contributed by atoms with Crippen molar-refractivity contribution < 1.29 is 4.42 Å². The third-order valence-corrected chi connectivity index (χ3v) is 2.96. The molecule has 1 N–H and O–H groups in total. The van der Waals surface area contributed by atoms with Crippen molar-refractivity contribution in [3.63, 3.8) is 0 Å². The summed E-state index contributed by atoms with van der Waals surface area (Å²) in [5.74, 6) is 2.40. The lowest BCUT2D eigenvalue weighted by atomic mass is 10.1. The minimum absolute atomic E-state index is 0.350. The third-order valence-electron chi connectivity index (χ3n) is 2.96. The fourth-order valence-electron chi connectivity index (χ4n) is 2.13. The zero-order valence-electron chi connectivity index (χ0n) is 9.84. The quantitative estimate of drug-likeness (QED) is 0.830. The second-order valence-corrected chi connectivity index (χ2v) is 4.52. The summed E-state index contributed by atoms with van der Waals surface area (Å²) in [6.45, 7) is 7.54. The van der Waals surface area contributed by atoms with Gasteiger partial charge in [-0.05, 0) is 25.8 Å². The second kappa shape index (κ2) is 4.35. The molecular weight excluding hydrogens is 188 g/mol. The van der Waals surface area contributed by atoms with Gasteiger partial charge in [0.1, 0.15) is 5.76 Å². The number of hydrogen-bond donors (Lipinski definition) is 1. The first-order chi connectivity index (χ1) is 7.22. The van der Waals surface area contributed by atoms with Crippen LogP contribution >= 0.6 is 0 Å². The van der Waals surface area contributed by atoms with E-state index in [9.17, 15) is 0 Å². The zero-order chi connectivity index (χ0) is 10.8. The van der Waals surface area contributed by atoms with Gasteiger partial charge in [0.25, 0.3) is 0 Å². The van der Waals surface area contributed by atoms with Gasteiger partial charge in [-0.25, -0.2) is 4.98 Å². The fourth-order valence-corrected chi connectivity index (χ4v) is 2.13. The van der Waals surface area contributed by atoms with E-state index in [0.717, 1.165) is 36.7 Å². The molecule has 0 aromatic carbocycles. The molecule has 3 nitrogen and oxygen atoms in total. The molecule has 0 saturated carbocycles. The molecule has 15 heavy (non-hydrogen) atoms. The predicted molar refractivity (Wildman–Crippen MR) is 59.9 cm³/mol. The summed E-state index contributed by atoms with van der Waals surface area (Å²) >= 11 is 0. The van der Waals surface area contributed by atoms with Gasteiger partial charge in [-0.3, -0.25) is 0 Å². The van der Waals surface area contributed by atoms with Crippen molar-refractivity contribution in [3.8, 4) is 0 Å². The van der Waals surface area contributed by atoms with Gasteiger partial charge in [0, 0.05) is 5.92 Å². The van der Waals surface area contributed by atoms with Crippen LogP contribution in [0, 0.1) is 0 Å². The van der Waals surface area contributed by atoms with Crippen molar-refractivity contribution in [1.29, 1.82) is 0 Å². The number of nitrogens with one attached hydrogen (secondary N) is 1. The molecule has 1 aliphatic heterocycles. The molecule has 1 aromatic rings. The van der Waals surface area contributed by atoms with Crippen LogP contribution in [0.2, 0.25) is 0 Å². The maximum atomic E-state index is 5.88. The molecule has 0 radical (unpaired) electrons. The van der Waals surface area contributed by atoms with Crippen LogP contribution in [-0.2, 0) is 6.42 Å². The monoisotopic (exact) mass is 208 g/mol. The highest BCUT2D eigenvalue weighted by Crippen LogP contribution is 2.28. The molecule has 1 unspecified atom stereocenters. The lowest BCUT2D eigenvalue weighted by molar-refractivity contribution is 0.393. The number of nitrogens with zero attached hydrogens (tertiary/aromatic N) is 1. The van der Waals surface area contributed by atoms with E-state index in [4.69, 9.17) is 4.42 Å². The summed E-state index contributed by atoms with van der Waals surface area (Å²) in [4.78, 5) is 4.60. The van der Waals surface area contributed by atoms with Crippen molar-refractivity contribution in [1.82, 2.24) is 10.3 Å². The molecule has 0 amide bonds. The number of hydrogen-bond acceptors (Lipinski definition) is 3. The Hall–Kier alpha value is -0.830. The average Bonchev–Trinajstić information content (AvgIpc) is 2.86. The highest BCUT2D eigenvalue weighted by Gasteiger charge is 2.24. The van der Waals surface area contributed by atoms with E-state index < -0.39 is 0 Å². The molecule has 1 saturated heterocycles. The topological polar surface area (TPSA) is 38.1 Å². The Morgan fingerprint density at radius 2 is 2.33 bits per heavy atom. The highest BCUT2D eigenvalue weighted by molar-refractivity contribution is 5.15. The van der Waals surface area contributed by atoms with Crippen LogP contribution in [0.1, 0.15) is 62.9 Å². The van der Waals surface area contributed by atoms with Gasteiger partial charge in [0.05, 0.1) is 11.7 Å². The van der Waals surface area contributed by atoms with Gasteiger partial charge < -0.3 is 9.73 Å². The Labute approximate surface area is 91.3 Å². The van der Waals surface area contributed by atoms with Crippen molar-refractivity contribution >= 4 is 0 Å². The normalized spacial score (nSPS) is 21.5. The van der Waals surface area contributed by atoms with Crippen LogP contribution in [0.4, 0.5) is 0 Å². The maximum absolute atomic E-state index is 5.88. The zero-order valence-corrected chi connectivity index (χ0v) is 9.84. The van der Waals surface area contributed by atoms with E-state index in [0.29, 0.717) is 12.0 Å². The molecule has 1 fully saturated rings. The molecule has 1 aromatic heterocycles. The number of rotatable bonds is 3. The molecular formula is C12H20N2O. The Bertz CT molecular complexity index is 324. The van der Waals surface area contributed by atoms with E-state index in [1.54, 1.807) is 0 Å². The highest BCUT2D eigenvalue weighted by atomic mass is 16.4. The third kappa shape index (κ3) is 2.07. The number of oxazole rings is 1. The van der Waals surface area contributed by atoms with Crippen LogP contribution in [0.25, 0.3) is 0 Å². The maximum Gasteiger partial charge on any atom is 0.211 e. The van der Waals surface area contributed by atoms with Crippen molar-refractivity contribution in [2.45, 2.75) is 52.0 Å². The smallest absolute Gasteiger partial charge is 0.211 e.